The summed E-state index contributed by atoms with van der Waals surface area (Å²) in [6.07, 6.45) is 2.97. The van der Waals surface area contributed by atoms with Gasteiger partial charge in [0.25, 0.3) is 5.91 Å². The molecule has 0 unspecified atom stereocenters. The molecule has 2 aromatic heterocycles. The molecule has 0 fully saturated rings. The lowest BCUT2D eigenvalue weighted by Crippen LogP contribution is -2.33. The number of amides is 2. The summed E-state index contributed by atoms with van der Waals surface area (Å²) in [6.45, 7) is 2.05. The number of anilines is 1. The van der Waals surface area contributed by atoms with Gasteiger partial charge in [0.2, 0.25) is 5.91 Å². The van der Waals surface area contributed by atoms with Crippen molar-refractivity contribution in [2.45, 2.75) is 19.9 Å². The first kappa shape index (κ1) is 18.4. The number of carbonyl (C=O) groups excluding carboxylic acids is 2. The summed E-state index contributed by atoms with van der Waals surface area (Å²) < 4.78 is 24.2. The van der Waals surface area contributed by atoms with Gasteiger partial charge in [-0.3, -0.25) is 9.59 Å². The quantitative estimate of drug-likeness (QED) is 0.682. The molecule has 0 aliphatic carbocycles. The molecule has 0 radical (unpaired) electrons. The number of nitrogens with one attached hydrogen (secondary N) is 1. The number of hydrogen-bond donors (Lipinski definition) is 1. The normalized spacial score (nSPS) is 10.6. The van der Waals surface area contributed by atoms with E-state index in [0.717, 1.165) is 0 Å². The molecule has 3 rings (SSSR count). The van der Waals surface area contributed by atoms with Crippen LogP contribution in [0.5, 0.6) is 0 Å². The molecule has 0 aliphatic heterocycles. The molecule has 1 N–H and O–H groups in total. The average molecular weight is 370 g/mol. The fourth-order valence-electron chi connectivity index (χ4n) is 2.63. The van der Waals surface area contributed by atoms with Crippen molar-refractivity contribution in [3.8, 4) is 0 Å². The second kappa shape index (κ2) is 8.35. The molecule has 27 heavy (non-hydrogen) atoms. The van der Waals surface area contributed by atoms with E-state index in [2.05, 4.69) is 5.32 Å². The number of nitrogens with zero attached hydrogens (tertiary/aromatic N) is 1. The van der Waals surface area contributed by atoms with Gasteiger partial charge in [0.05, 0.1) is 30.3 Å². The van der Waals surface area contributed by atoms with Crippen LogP contribution in [0.2, 0.25) is 0 Å². The molecule has 2 amide bonds. The number of benzene rings is 1. The van der Waals surface area contributed by atoms with Gasteiger partial charge in [-0.1, -0.05) is 12.1 Å². The van der Waals surface area contributed by atoms with Crippen molar-refractivity contribution in [3.05, 3.63) is 77.9 Å². The number of furan rings is 2. The topological polar surface area (TPSA) is 75.7 Å². The highest BCUT2D eigenvalue weighted by molar-refractivity contribution is 5.96. The smallest absolute Gasteiger partial charge is 0.257 e. The molecule has 2 heterocycles. The Morgan fingerprint density at radius 3 is 2.56 bits per heavy atom. The van der Waals surface area contributed by atoms with Crippen molar-refractivity contribution in [1.29, 1.82) is 0 Å². The van der Waals surface area contributed by atoms with E-state index in [1.54, 1.807) is 37.3 Å². The largest absolute Gasteiger partial charge is 0.469 e. The van der Waals surface area contributed by atoms with Crippen molar-refractivity contribution in [1.82, 2.24) is 4.90 Å². The van der Waals surface area contributed by atoms with Crippen LogP contribution >= 0.6 is 0 Å². The average Bonchev–Trinajstić information content (AvgIpc) is 3.31. The minimum atomic E-state index is -0.511. The van der Waals surface area contributed by atoms with Gasteiger partial charge in [0, 0.05) is 13.0 Å². The third-order valence-electron chi connectivity index (χ3n) is 4.06. The van der Waals surface area contributed by atoms with Crippen LogP contribution in [0.15, 0.2) is 63.8 Å². The van der Waals surface area contributed by atoms with Crippen LogP contribution in [0.1, 0.15) is 28.3 Å². The van der Waals surface area contributed by atoms with E-state index in [9.17, 15) is 14.0 Å². The van der Waals surface area contributed by atoms with Gasteiger partial charge in [-0.15, -0.1) is 0 Å². The number of aryl methyl sites for hydroxylation is 1. The Bertz CT molecular complexity index is 918. The van der Waals surface area contributed by atoms with Crippen molar-refractivity contribution >= 4 is 17.5 Å². The zero-order valence-electron chi connectivity index (χ0n) is 14.8. The first-order chi connectivity index (χ1) is 13.0. The Labute approximate surface area is 155 Å². The van der Waals surface area contributed by atoms with Crippen molar-refractivity contribution in [2.75, 3.05) is 11.9 Å². The van der Waals surface area contributed by atoms with Crippen LogP contribution in [0.3, 0.4) is 0 Å². The summed E-state index contributed by atoms with van der Waals surface area (Å²) in [4.78, 5) is 26.5. The van der Waals surface area contributed by atoms with Crippen LogP contribution in [0.25, 0.3) is 0 Å². The lowest BCUT2D eigenvalue weighted by Gasteiger charge is -2.21. The summed E-state index contributed by atoms with van der Waals surface area (Å²) in [7, 11) is 0. The van der Waals surface area contributed by atoms with E-state index >= 15 is 0 Å². The fraction of sp³-hybridized carbons (Fsp3) is 0.200. The Morgan fingerprint density at radius 1 is 1.07 bits per heavy atom. The third kappa shape index (κ3) is 4.63. The molecule has 140 valence electrons. The molecule has 3 aromatic rings. The van der Waals surface area contributed by atoms with E-state index in [1.165, 1.54) is 29.6 Å². The van der Waals surface area contributed by atoms with Gasteiger partial charge in [0.15, 0.2) is 0 Å². The standard InChI is InChI=1S/C20H19FN2O4/c1-14-16(9-12-26-14)20(25)23(13-15-5-4-11-27-15)10-8-19(24)22-18-7-3-2-6-17(18)21/h2-7,9,11-12H,8,10,13H2,1H3,(H,22,24). The van der Waals surface area contributed by atoms with Gasteiger partial charge in [-0.05, 0) is 37.3 Å². The zero-order valence-corrected chi connectivity index (χ0v) is 14.8. The predicted octanol–water partition coefficient (Wildman–Crippen LogP) is 3.99. The Balaban J connectivity index is 1.67. The van der Waals surface area contributed by atoms with Crippen LogP contribution in [0.4, 0.5) is 10.1 Å². The first-order valence-electron chi connectivity index (χ1n) is 8.44. The van der Waals surface area contributed by atoms with E-state index in [1.807, 2.05) is 0 Å². The molecule has 1 aromatic carbocycles. The molecule has 0 bridgehead atoms. The van der Waals surface area contributed by atoms with Gasteiger partial charge in [0.1, 0.15) is 17.3 Å². The minimum absolute atomic E-state index is 0.0116. The Kier molecular flexibility index (Phi) is 5.71. The summed E-state index contributed by atoms with van der Waals surface area (Å²) in [5, 5.41) is 2.52. The second-order valence-corrected chi connectivity index (χ2v) is 5.97. The molecule has 0 spiro atoms. The summed E-state index contributed by atoms with van der Waals surface area (Å²) in [5.74, 6) is -0.0692. The summed E-state index contributed by atoms with van der Waals surface area (Å²) in [6, 6.07) is 11.0. The van der Waals surface area contributed by atoms with E-state index in [-0.39, 0.29) is 37.0 Å². The Hall–Kier alpha value is -3.35. The highest BCUT2D eigenvalue weighted by Crippen LogP contribution is 2.16. The van der Waals surface area contributed by atoms with Crippen LogP contribution in [-0.2, 0) is 11.3 Å². The molecular formula is C20H19FN2O4. The highest BCUT2D eigenvalue weighted by atomic mass is 19.1. The molecule has 6 nitrogen and oxygen atoms in total. The van der Waals surface area contributed by atoms with Crippen LogP contribution < -0.4 is 5.32 Å². The third-order valence-corrected chi connectivity index (χ3v) is 4.06. The lowest BCUT2D eigenvalue weighted by atomic mass is 10.2. The molecule has 0 saturated carbocycles. The molecule has 0 atom stereocenters. The lowest BCUT2D eigenvalue weighted by molar-refractivity contribution is -0.116. The number of carbonyl (C=O) groups is 2. The van der Waals surface area contributed by atoms with E-state index in [4.69, 9.17) is 8.83 Å². The fourth-order valence-corrected chi connectivity index (χ4v) is 2.63. The predicted molar refractivity (Wildman–Crippen MR) is 96.5 cm³/mol. The van der Waals surface area contributed by atoms with Crippen LogP contribution in [0, 0.1) is 12.7 Å². The SMILES string of the molecule is Cc1occc1C(=O)N(CCC(=O)Nc1ccccc1F)Cc1ccco1. The van der Waals surface area contributed by atoms with Gasteiger partial charge in [-0.25, -0.2) is 4.39 Å². The second-order valence-electron chi connectivity index (χ2n) is 5.97. The van der Waals surface area contributed by atoms with Crippen LogP contribution in [-0.4, -0.2) is 23.3 Å². The van der Waals surface area contributed by atoms with Gasteiger partial charge in [-0.2, -0.15) is 0 Å². The van der Waals surface area contributed by atoms with E-state index < -0.39 is 5.82 Å². The van der Waals surface area contributed by atoms with Gasteiger partial charge < -0.3 is 19.1 Å². The van der Waals surface area contributed by atoms with Crippen molar-refractivity contribution < 1.29 is 22.8 Å². The molecule has 7 heteroatoms. The highest BCUT2D eigenvalue weighted by Gasteiger charge is 2.21. The Morgan fingerprint density at radius 2 is 1.89 bits per heavy atom. The van der Waals surface area contributed by atoms with Crippen molar-refractivity contribution in [2.24, 2.45) is 0 Å². The summed E-state index contributed by atoms with van der Waals surface area (Å²) >= 11 is 0. The molecular weight excluding hydrogens is 351 g/mol. The molecule has 0 saturated heterocycles. The molecule has 0 aliphatic rings. The maximum absolute atomic E-state index is 13.7. The number of halogens is 1. The zero-order chi connectivity index (χ0) is 19.2. The summed E-state index contributed by atoms with van der Waals surface area (Å²) in [5.41, 5.74) is 0.535. The number of hydrogen-bond acceptors (Lipinski definition) is 4. The van der Waals surface area contributed by atoms with E-state index in [0.29, 0.717) is 17.1 Å². The van der Waals surface area contributed by atoms with Gasteiger partial charge >= 0.3 is 0 Å². The van der Waals surface area contributed by atoms with Crippen molar-refractivity contribution in [3.63, 3.8) is 0 Å². The first-order valence-corrected chi connectivity index (χ1v) is 8.44. The minimum Gasteiger partial charge on any atom is -0.469 e. The number of rotatable bonds is 7. The maximum Gasteiger partial charge on any atom is 0.257 e. The monoisotopic (exact) mass is 370 g/mol. The maximum atomic E-state index is 13.7. The number of para-hydroxylation sites is 1.